The maximum atomic E-state index is 11.9. The Hall–Kier alpha value is -0.790. The van der Waals surface area contributed by atoms with Gasteiger partial charge in [-0.25, -0.2) is 0 Å². The minimum Gasteiger partial charge on any atom is -0.462 e. The lowest BCUT2D eigenvalue weighted by Gasteiger charge is -2.24. The Morgan fingerprint density at radius 3 is 1.76 bits per heavy atom. The predicted molar refractivity (Wildman–Crippen MR) is 110 cm³/mol. The Morgan fingerprint density at radius 2 is 1.24 bits per heavy atom. The first kappa shape index (κ1) is 24.2. The van der Waals surface area contributed by atoms with E-state index in [0.717, 1.165) is 12.8 Å². The number of hydrogen-bond acceptors (Lipinski definition) is 2. The molecule has 0 amide bonds. The van der Waals surface area contributed by atoms with E-state index in [1.165, 1.54) is 57.8 Å². The molecule has 0 fully saturated rings. The van der Waals surface area contributed by atoms with Crippen molar-refractivity contribution in [2.45, 2.75) is 118 Å². The van der Waals surface area contributed by atoms with Crippen LogP contribution in [-0.2, 0) is 9.53 Å². The summed E-state index contributed by atoms with van der Waals surface area (Å²) in [5.74, 6) is 0.769. The second-order valence-electron chi connectivity index (χ2n) is 8.07. The van der Waals surface area contributed by atoms with Crippen LogP contribution in [0.5, 0.6) is 0 Å². The van der Waals surface area contributed by atoms with Gasteiger partial charge in [-0.15, -0.1) is 0 Å². The van der Waals surface area contributed by atoms with E-state index in [9.17, 15) is 4.79 Å². The molecule has 0 saturated carbocycles. The van der Waals surface area contributed by atoms with Crippen molar-refractivity contribution in [2.75, 3.05) is 0 Å². The molecule has 0 atom stereocenters. The van der Waals surface area contributed by atoms with Crippen molar-refractivity contribution in [3.8, 4) is 0 Å². The molecule has 148 valence electrons. The first-order chi connectivity index (χ1) is 12.0. The van der Waals surface area contributed by atoms with Crippen LogP contribution in [0.15, 0.2) is 12.2 Å². The average molecular weight is 353 g/mol. The second-order valence-corrected chi connectivity index (χ2v) is 8.07. The Morgan fingerprint density at radius 1 is 0.760 bits per heavy atom. The Labute approximate surface area is 157 Å². The number of ether oxygens (including phenoxy) is 1. The van der Waals surface area contributed by atoms with Crippen LogP contribution in [0.3, 0.4) is 0 Å². The lowest BCUT2D eigenvalue weighted by atomic mass is 9.96. The van der Waals surface area contributed by atoms with E-state index in [1.807, 2.05) is 0 Å². The van der Waals surface area contributed by atoms with E-state index in [0.29, 0.717) is 18.3 Å². The van der Waals surface area contributed by atoms with Gasteiger partial charge in [0.1, 0.15) is 6.10 Å². The fourth-order valence-corrected chi connectivity index (χ4v) is 3.24. The van der Waals surface area contributed by atoms with Crippen LogP contribution in [0.4, 0.5) is 0 Å². The molecule has 0 aliphatic carbocycles. The molecule has 25 heavy (non-hydrogen) atoms. The monoisotopic (exact) mass is 352 g/mol. The van der Waals surface area contributed by atoms with Crippen LogP contribution in [0.1, 0.15) is 112 Å². The summed E-state index contributed by atoms with van der Waals surface area (Å²) in [6.45, 7) is 10.7. The number of esters is 1. The fraction of sp³-hybridized carbons (Fsp3) is 0.870. The minimum absolute atomic E-state index is 0.0154. The Kier molecular flexibility index (Phi) is 16.1. The molecule has 0 aromatic heterocycles. The summed E-state index contributed by atoms with van der Waals surface area (Å²) in [6.07, 6.45) is 19.1. The summed E-state index contributed by atoms with van der Waals surface area (Å²) in [4.78, 5) is 11.9. The highest BCUT2D eigenvalue weighted by atomic mass is 16.5. The van der Waals surface area contributed by atoms with E-state index >= 15 is 0 Å². The molecule has 0 heterocycles. The van der Waals surface area contributed by atoms with Crippen molar-refractivity contribution >= 4 is 5.97 Å². The van der Waals surface area contributed by atoms with Gasteiger partial charge in [-0.2, -0.15) is 0 Å². The number of allylic oxidation sites excluding steroid dienone is 2. The molecule has 0 bridgehead atoms. The van der Waals surface area contributed by atoms with Gasteiger partial charge in [-0.1, -0.05) is 85.3 Å². The van der Waals surface area contributed by atoms with Crippen LogP contribution in [0.2, 0.25) is 0 Å². The molecular formula is C23H44O2. The highest BCUT2D eigenvalue weighted by Gasteiger charge is 2.21. The highest BCUT2D eigenvalue weighted by molar-refractivity contribution is 5.69. The van der Waals surface area contributed by atoms with E-state index in [-0.39, 0.29) is 12.1 Å². The molecule has 0 aromatic carbocycles. The number of unbranched alkanes of at least 4 members (excludes halogenated alkanes) is 9. The molecule has 2 heteroatoms. The summed E-state index contributed by atoms with van der Waals surface area (Å²) in [5, 5.41) is 0. The first-order valence-electron chi connectivity index (χ1n) is 10.8. The molecular weight excluding hydrogens is 308 g/mol. The fourth-order valence-electron chi connectivity index (χ4n) is 3.24. The zero-order valence-corrected chi connectivity index (χ0v) is 17.7. The van der Waals surface area contributed by atoms with Gasteiger partial charge in [0.2, 0.25) is 0 Å². The van der Waals surface area contributed by atoms with Gasteiger partial charge in [-0.05, 0) is 43.9 Å². The smallest absolute Gasteiger partial charge is 0.306 e. The SMILES string of the molecule is CCCCCC/C=C/CCCCCCCC(=O)OC(C(C)C)C(C)C. The lowest BCUT2D eigenvalue weighted by molar-refractivity contribution is -0.154. The van der Waals surface area contributed by atoms with Crippen molar-refractivity contribution in [3.05, 3.63) is 12.2 Å². The van der Waals surface area contributed by atoms with Gasteiger partial charge >= 0.3 is 5.97 Å². The lowest BCUT2D eigenvalue weighted by Crippen LogP contribution is -2.28. The van der Waals surface area contributed by atoms with E-state index in [2.05, 4.69) is 46.8 Å². The van der Waals surface area contributed by atoms with Crippen molar-refractivity contribution < 1.29 is 9.53 Å². The predicted octanol–water partition coefficient (Wildman–Crippen LogP) is 7.47. The maximum absolute atomic E-state index is 11.9. The summed E-state index contributed by atoms with van der Waals surface area (Å²) < 4.78 is 5.63. The van der Waals surface area contributed by atoms with Gasteiger partial charge in [0.25, 0.3) is 0 Å². The topological polar surface area (TPSA) is 26.3 Å². The van der Waals surface area contributed by atoms with Gasteiger partial charge < -0.3 is 4.74 Å². The van der Waals surface area contributed by atoms with Crippen LogP contribution in [-0.4, -0.2) is 12.1 Å². The van der Waals surface area contributed by atoms with Crippen LogP contribution >= 0.6 is 0 Å². The number of rotatable bonds is 16. The Balaban J connectivity index is 3.48. The summed E-state index contributed by atoms with van der Waals surface area (Å²) in [6, 6.07) is 0. The molecule has 0 N–H and O–H groups in total. The van der Waals surface area contributed by atoms with Gasteiger partial charge in [0.15, 0.2) is 0 Å². The van der Waals surface area contributed by atoms with E-state index in [1.54, 1.807) is 0 Å². The molecule has 0 aliphatic rings. The first-order valence-corrected chi connectivity index (χ1v) is 10.8. The highest BCUT2D eigenvalue weighted by Crippen LogP contribution is 2.17. The molecule has 0 aliphatic heterocycles. The zero-order chi connectivity index (χ0) is 18.9. The second kappa shape index (κ2) is 16.7. The number of hydrogen-bond donors (Lipinski definition) is 0. The quantitative estimate of drug-likeness (QED) is 0.164. The molecule has 0 spiro atoms. The zero-order valence-electron chi connectivity index (χ0n) is 17.7. The van der Waals surface area contributed by atoms with Gasteiger partial charge in [-0.3, -0.25) is 4.79 Å². The molecule has 2 nitrogen and oxygen atoms in total. The Bertz CT molecular complexity index is 323. The van der Waals surface area contributed by atoms with Gasteiger partial charge in [0.05, 0.1) is 0 Å². The molecule has 0 saturated heterocycles. The normalized spacial score (nSPS) is 12.0. The summed E-state index contributed by atoms with van der Waals surface area (Å²) in [7, 11) is 0. The third-order valence-corrected chi connectivity index (χ3v) is 4.72. The summed E-state index contributed by atoms with van der Waals surface area (Å²) in [5.41, 5.74) is 0. The minimum atomic E-state index is -0.0154. The van der Waals surface area contributed by atoms with Crippen molar-refractivity contribution in [2.24, 2.45) is 11.8 Å². The average Bonchev–Trinajstić information content (AvgIpc) is 2.56. The van der Waals surface area contributed by atoms with Crippen molar-refractivity contribution in [1.82, 2.24) is 0 Å². The van der Waals surface area contributed by atoms with Crippen LogP contribution in [0.25, 0.3) is 0 Å². The van der Waals surface area contributed by atoms with E-state index < -0.39 is 0 Å². The third-order valence-electron chi connectivity index (χ3n) is 4.72. The maximum Gasteiger partial charge on any atom is 0.306 e. The summed E-state index contributed by atoms with van der Waals surface area (Å²) >= 11 is 0. The molecule has 0 rings (SSSR count). The molecule has 0 aromatic rings. The molecule has 0 unspecified atom stereocenters. The van der Waals surface area contributed by atoms with Gasteiger partial charge in [0, 0.05) is 6.42 Å². The van der Waals surface area contributed by atoms with E-state index in [4.69, 9.17) is 4.74 Å². The van der Waals surface area contributed by atoms with Crippen LogP contribution < -0.4 is 0 Å². The third kappa shape index (κ3) is 15.2. The largest absolute Gasteiger partial charge is 0.462 e. The number of carbonyl (C=O) groups excluding carboxylic acids is 1. The van der Waals surface area contributed by atoms with Crippen molar-refractivity contribution in [1.29, 1.82) is 0 Å². The number of carbonyl (C=O) groups is 1. The standard InChI is InChI=1S/C23H44O2/c1-6-7-8-9-10-11-12-13-14-15-16-17-18-19-22(24)25-23(20(2)3)21(4)5/h11-12,20-21,23H,6-10,13-19H2,1-5H3/b12-11+. The van der Waals surface area contributed by atoms with Crippen molar-refractivity contribution in [3.63, 3.8) is 0 Å². The molecule has 0 radical (unpaired) electrons. The van der Waals surface area contributed by atoms with Crippen LogP contribution in [0, 0.1) is 11.8 Å².